The number of rotatable bonds is 1. The van der Waals surface area contributed by atoms with Gasteiger partial charge in [-0.15, -0.1) is 0 Å². The van der Waals surface area contributed by atoms with E-state index in [0.29, 0.717) is 0 Å². The third kappa shape index (κ3) is 4.89. The fourth-order valence-corrected chi connectivity index (χ4v) is 0.296. The number of amides is 1. The number of hydrogen-bond donors (Lipinski definition) is 1. The lowest BCUT2D eigenvalue weighted by molar-refractivity contribution is -0.112. The largest absolute Gasteiger partial charge is 0.359 e. The third-order valence-electron chi connectivity index (χ3n) is 1.05. The summed E-state index contributed by atoms with van der Waals surface area (Å²) in [7, 11) is 0. The average molecular weight is 125 g/mol. The molecule has 2 N–H and O–H groups in total. The predicted octanol–water partition coefficient (Wildman–Crippen LogP) is 0.521. The van der Waals surface area contributed by atoms with Crippen LogP contribution in [0, 0.1) is 17.8 Å². The summed E-state index contributed by atoms with van der Waals surface area (Å²) >= 11 is 0. The van der Waals surface area contributed by atoms with Crippen molar-refractivity contribution in [1.29, 1.82) is 0 Å². The highest BCUT2D eigenvalue weighted by atomic mass is 16.1. The molecular weight excluding hydrogens is 114 g/mol. The maximum Gasteiger partial charge on any atom is 0.293 e. The molecule has 9 heavy (non-hydrogen) atoms. The second-order valence-electron chi connectivity index (χ2n) is 1.94. The summed E-state index contributed by atoms with van der Waals surface area (Å²) in [5.41, 5.74) is 4.78. The molecule has 1 atom stereocenters. The minimum absolute atomic E-state index is 0.275. The lowest BCUT2D eigenvalue weighted by Gasteiger charge is -1.92. The molecule has 0 aliphatic heterocycles. The van der Waals surface area contributed by atoms with Crippen molar-refractivity contribution in [3.63, 3.8) is 0 Å². The van der Waals surface area contributed by atoms with E-state index in [1.165, 1.54) is 0 Å². The highest BCUT2D eigenvalue weighted by molar-refractivity contribution is 5.91. The van der Waals surface area contributed by atoms with Gasteiger partial charge in [0.05, 0.1) is 0 Å². The van der Waals surface area contributed by atoms with Gasteiger partial charge in [-0.25, -0.2) is 0 Å². The van der Waals surface area contributed by atoms with E-state index in [1.807, 2.05) is 13.8 Å². The van der Waals surface area contributed by atoms with Crippen LogP contribution in [0.2, 0.25) is 0 Å². The molecule has 0 bridgehead atoms. The van der Waals surface area contributed by atoms with E-state index in [4.69, 9.17) is 5.73 Å². The standard InChI is InChI=1S/C7H11NO/c1-3-6(2)4-5-7(8)9/h6H,3H2,1-2H3,(H2,8,9). The van der Waals surface area contributed by atoms with Crippen molar-refractivity contribution in [2.24, 2.45) is 11.7 Å². The zero-order valence-electron chi connectivity index (χ0n) is 5.77. The van der Waals surface area contributed by atoms with E-state index in [2.05, 4.69) is 11.8 Å². The number of hydrogen-bond acceptors (Lipinski definition) is 1. The topological polar surface area (TPSA) is 43.1 Å². The molecule has 0 heterocycles. The number of primary amides is 1. The molecule has 2 nitrogen and oxygen atoms in total. The quantitative estimate of drug-likeness (QED) is 0.510. The molecule has 0 spiro atoms. The molecule has 0 aromatic carbocycles. The van der Waals surface area contributed by atoms with Gasteiger partial charge >= 0.3 is 0 Å². The van der Waals surface area contributed by atoms with Crippen LogP contribution in [0.4, 0.5) is 0 Å². The molecule has 0 aliphatic rings. The molecule has 0 aromatic heterocycles. The van der Waals surface area contributed by atoms with Crippen LogP contribution in [0.5, 0.6) is 0 Å². The molecule has 1 unspecified atom stereocenters. The predicted molar refractivity (Wildman–Crippen MR) is 36.4 cm³/mol. The molecule has 0 rings (SSSR count). The first-order chi connectivity index (χ1) is 4.16. The van der Waals surface area contributed by atoms with E-state index >= 15 is 0 Å². The van der Waals surface area contributed by atoms with Crippen molar-refractivity contribution in [2.45, 2.75) is 20.3 Å². The minimum Gasteiger partial charge on any atom is -0.359 e. The van der Waals surface area contributed by atoms with Crippen LogP contribution in [-0.4, -0.2) is 5.91 Å². The number of carbonyl (C=O) groups excluding carboxylic acids is 1. The Morgan fingerprint density at radius 2 is 2.33 bits per heavy atom. The molecular formula is C7H11NO. The molecule has 0 aliphatic carbocycles. The van der Waals surface area contributed by atoms with Crippen molar-refractivity contribution in [3.05, 3.63) is 0 Å². The Kier molecular flexibility index (Phi) is 3.54. The van der Waals surface area contributed by atoms with Gasteiger partial charge in [0.25, 0.3) is 5.91 Å². The lowest BCUT2D eigenvalue weighted by atomic mass is 10.1. The number of carbonyl (C=O) groups is 1. The summed E-state index contributed by atoms with van der Waals surface area (Å²) in [6.45, 7) is 3.97. The van der Waals surface area contributed by atoms with Crippen molar-refractivity contribution in [3.8, 4) is 11.8 Å². The molecule has 50 valence electrons. The van der Waals surface area contributed by atoms with Gasteiger partial charge in [-0.3, -0.25) is 4.79 Å². The first-order valence-electron chi connectivity index (χ1n) is 2.97. The first kappa shape index (κ1) is 8.03. The van der Waals surface area contributed by atoms with Gasteiger partial charge in [-0.05, 0) is 12.3 Å². The summed E-state index contributed by atoms with van der Waals surface area (Å²) < 4.78 is 0. The lowest BCUT2D eigenvalue weighted by Crippen LogP contribution is -2.06. The normalized spacial score (nSPS) is 11.3. The van der Waals surface area contributed by atoms with Gasteiger partial charge in [0.2, 0.25) is 0 Å². The molecule has 1 amide bonds. The van der Waals surface area contributed by atoms with Gasteiger partial charge in [0.1, 0.15) is 0 Å². The van der Waals surface area contributed by atoms with Gasteiger partial charge < -0.3 is 5.73 Å². The summed E-state index contributed by atoms with van der Waals surface area (Å²) in [6.07, 6.45) is 0.959. The maximum absolute atomic E-state index is 10.1. The van der Waals surface area contributed by atoms with Crippen molar-refractivity contribution >= 4 is 5.91 Å². The Morgan fingerprint density at radius 1 is 1.78 bits per heavy atom. The van der Waals surface area contributed by atoms with Gasteiger partial charge in [0, 0.05) is 5.92 Å². The SMILES string of the molecule is CCC(C)C#CC(N)=O. The number of nitrogens with two attached hydrogens (primary N) is 1. The highest BCUT2D eigenvalue weighted by Gasteiger charge is 1.89. The van der Waals surface area contributed by atoms with E-state index in [1.54, 1.807) is 0 Å². The van der Waals surface area contributed by atoms with Gasteiger partial charge in [-0.2, -0.15) is 0 Å². The monoisotopic (exact) mass is 125 g/mol. The zero-order chi connectivity index (χ0) is 7.28. The zero-order valence-corrected chi connectivity index (χ0v) is 5.77. The second kappa shape index (κ2) is 3.96. The Labute approximate surface area is 55.4 Å². The second-order valence-corrected chi connectivity index (χ2v) is 1.94. The van der Waals surface area contributed by atoms with Gasteiger partial charge in [-0.1, -0.05) is 19.8 Å². The van der Waals surface area contributed by atoms with Crippen LogP contribution >= 0.6 is 0 Å². The Hall–Kier alpha value is -0.970. The van der Waals surface area contributed by atoms with Crippen LogP contribution in [0.1, 0.15) is 20.3 Å². The third-order valence-corrected chi connectivity index (χ3v) is 1.05. The van der Waals surface area contributed by atoms with Gasteiger partial charge in [0.15, 0.2) is 0 Å². The molecule has 0 aromatic rings. The van der Waals surface area contributed by atoms with E-state index in [-0.39, 0.29) is 5.92 Å². The van der Waals surface area contributed by atoms with E-state index in [0.717, 1.165) is 6.42 Å². The highest BCUT2D eigenvalue weighted by Crippen LogP contribution is 1.95. The smallest absolute Gasteiger partial charge is 0.293 e. The average Bonchev–Trinajstić information content (AvgIpc) is 1.83. The van der Waals surface area contributed by atoms with Crippen LogP contribution in [0.15, 0.2) is 0 Å². The summed E-state index contributed by atoms with van der Waals surface area (Å²) in [5, 5.41) is 0. The summed E-state index contributed by atoms with van der Waals surface area (Å²) in [6, 6.07) is 0. The van der Waals surface area contributed by atoms with Crippen LogP contribution in [0.3, 0.4) is 0 Å². The molecule has 0 saturated heterocycles. The fraction of sp³-hybridized carbons (Fsp3) is 0.571. The Morgan fingerprint density at radius 3 is 2.67 bits per heavy atom. The first-order valence-corrected chi connectivity index (χ1v) is 2.97. The molecule has 2 heteroatoms. The van der Waals surface area contributed by atoms with Crippen molar-refractivity contribution in [1.82, 2.24) is 0 Å². The van der Waals surface area contributed by atoms with Crippen LogP contribution in [-0.2, 0) is 4.79 Å². The summed E-state index contributed by atoms with van der Waals surface area (Å²) in [4.78, 5) is 10.1. The molecule has 0 radical (unpaired) electrons. The van der Waals surface area contributed by atoms with Crippen LogP contribution < -0.4 is 5.73 Å². The van der Waals surface area contributed by atoms with E-state index in [9.17, 15) is 4.79 Å². The van der Waals surface area contributed by atoms with Crippen molar-refractivity contribution in [2.75, 3.05) is 0 Å². The fourth-order valence-electron chi connectivity index (χ4n) is 0.296. The summed E-state index contributed by atoms with van der Waals surface area (Å²) in [5.74, 6) is 4.72. The molecule has 0 saturated carbocycles. The Balaban J connectivity index is 3.72. The van der Waals surface area contributed by atoms with E-state index < -0.39 is 5.91 Å². The maximum atomic E-state index is 10.1. The molecule has 0 fully saturated rings. The minimum atomic E-state index is -0.546. The van der Waals surface area contributed by atoms with Crippen molar-refractivity contribution < 1.29 is 4.79 Å². The Bertz CT molecular complexity index is 152. The van der Waals surface area contributed by atoms with Crippen LogP contribution in [0.25, 0.3) is 0 Å².